The molecule has 0 bridgehead atoms. The molecule has 0 fully saturated rings. The standard InChI is InChI=1S/C21H21ClN2O3S/c1-4-26-17-8-5-15(6-9-17)18-12-28-21(23-18)24-20(25)14(3)27-19-10-7-16(22)11-13(19)2/h5-12,14H,4H2,1-3H3,(H,23,24,25). The van der Waals surface area contributed by atoms with E-state index in [-0.39, 0.29) is 5.91 Å². The van der Waals surface area contributed by atoms with E-state index < -0.39 is 6.10 Å². The zero-order valence-electron chi connectivity index (χ0n) is 15.9. The van der Waals surface area contributed by atoms with Gasteiger partial charge in [0.1, 0.15) is 11.5 Å². The first kappa shape index (κ1) is 20.2. The summed E-state index contributed by atoms with van der Waals surface area (Å²) in [4.78, 5) is 16.9. The van der Waals surface area contributed by atoms with Gasteiger partial charge in [-0.25, -0.2) is 4.98 Å². The Balaban J connectivity index is 1.62. The van der Waals surface area contributed by atoms with Gasteiger partial charge in [-0.05, 0) is 68.8 Å². The summed E-state index contributed by atoms with van der Waals surface area (Å²) in [5, 5.41) is 5.87. The Morgan fingerprint density at radius 3 is 2.68 bits per heavy atom. The maximum atomic E-state index is 12.4. The van der Waals surface area contributed by atoms with Crippen LogP contribution in [-0.4, -0.2) is 23.6 Å². The van der Waals surface area contributed by atoms with Crippen molar-refractivity contribution in [2.24, 2.45) is 0 Å². The second-order valence-electron chi connectivity index (χ2n) is 6.15. The summed E-state index contributed by atoms with van der Waals surface area (Å²) in [5.74, 6) is 1.18. The van der Waals surface area contributed by atoms with Crippen LogP contribution in [-0.2, 0) is 4.79 Å². The molecule has 1 atom stereocenters. The number of nitrogens with one attached hydrogen (secondary N) is 1. The lowest BCUT2D eigenvalue weighted by Crippen LogP contribution is -2.30. The minimum atomic E-state index is -0.669. The van der Waals surface area contributed by atoms with Gasteiger partial charge in [-0.1, -0.05) is 11.6 Å². The largest absolute Gasteiger partial charge is 0.494 e. The molecule has 0 saturated heterocycles. The highest BCUT2D eigenvalue weighted by atomic mass is 35.5. The lowest BCUT2D eigenvalue weighted by Gasteiger charge is -2.15. The number of aromatic nitrogens is 1. The molecule has 1 amide bonds. The van der Waals surface area contributed by atoms with Gasteiger partial charge in [0.2, 0.25) is 0 Å². The number of nitrogens with zero attached hydrogens (tertiary/aromatic N) is 1. The second kappa shape index (κ2) is 9.08. The summed E-state index contributed by atoms with van der Waals surface area (Å²) in [5.41, 5.74) is 2.63. The molecule has 7 heteroatoms. The maximum absolute atomic E-state index is 12.4. The fourth-order valence-electron chi connectivity index (χ4n) is 2.55. The van der Waals surface area contributed by atoms with Crippen LogP contribution in [0.15, 0.2) is 47.8 Å². The van der Waals surface area contributed by atoms with Crippen molar-refractivity contribution in [3.05, 3.63) is 58.4 Å². The number of amides is 1. The van der Waals surface area contributed by atoms with Crippen LogP contribution < -0.4 is 14.8 Å². The number of hydrogen-bond donors (Lipinski definition) is 1. The van der Waals surface area contributed by atoms with Crippen LogP contribution in [0.2, 0.25) is 5.02 Å². The topological polar surface area (TPSA) is 60.5 Å². The van der Waals surface area contributed by atoms with Crippen LogP contribution in [0.5, 0.6) is 11.5 Å². The predicted molar refractivity (Wildman–Crippen MR) is 114 cm³/mol. The molecule has 28 heavy (non-hydrogen) atoms. The third kappa shape index (κ3) is 5.03. The van der Waals surface area contributed by atoms with E-state index in [9.17, 15) is 4.79 Å². The minimum absolute atomic E-state index is 0.262. The summed E-state index contributed by atoms with van der Waals surface area (Å²) in [6.07, 6.45) is -0.669. The number of thiazole rings is 1. The molecule has 0 aliphatic carbocycles. The number of hydrogen-bond acceptors (Lipinski definition) is 5. The first-order valence-electron chi connectivity index (χ1n) is 8.88. The van der Waals surface area contributed by atoms with Crippen molar-refractivity contribution in [3.63, 3.8) is 0 Å². The predicted octanol–water partition coefficient (Wildman–Crippen LogP) is 5.58. The third-order valence-electron chi connectivity index (χ3n) is 4.01. The number of aryl methyl sites for hydroxylation is 1. The summed E-state index contributed by atoms with van der Waals surface area (Å²) >= 11 is 7.32. The van der Waals surface area contributed by atoms with E-state index in [0.29, 0.717) is 22.5 Å². The highest BCUT2D eigenvalue weighted by Gasteiger charge is 2.17. The summed E-state index contributed by atoms with van der Waals surface area (Å²) in [6.45, 7) is 6.16. The molecule has 0 aliphatic rings. The summed E-state index contributed by atoms with van der Waals surface area (Å²) in [7, 11) is 0. The van der Waals surface area contributed by atoms with Gasteiger partial charge in [-0.3, -0.25) is 10.1 Å². The molecule has 146 valence electrons. The molecule has 3 aromatic rings. The average molecular weight is 417 g/mol. The first-order chi connectivity index (χ1) is 13.5. The van der Waals surface area contributed by atoms with Crippen LogP contribution in [0.1, 0.15) is 19.4 Å². The lowest BCUT2D eigenvalue weighted by atomic mass is 10.2. The van der Waals surface area contributed by atoms with E-state index in [4.69, 9.17) is 21.1 Å². The van der Waals surface area contributed by atoms with Crippen molar-refractivity contribution >= 4 is 34.0 Å². The van der Waals surface area contributed by atoms with E-state index in [1.807, 2.05) is 43.5 Å². The molecule has 1 aromatic heterocycles. The fraction of sp³-hybridized carbons (Fsp3) is 0.238. The van der Waals surface area contributed by atoms with E-state index >= 15 is 0 Å². The highest BCUT2D eigenvalue weighted by molar-refractivity contribution is 7.14. The number of halogens is 1. The van der Waals surface area contributed by atoms with Gasteiger partial charge in [0.15, 0.2) is 11.2 Å². The van der Waals surface area contributed by atoms with E-state index in [2.05, 4.69) is 10.3 Å². The fourth-order valence-corrected chi connectivity index (χ4v) is 3.50. The molecular formula is C21H21ClN2O3S. The van der Waals surface area contributed by atoms with Crippen LogP contribution in [0.25, 0.3) is 11.3 Å². The van der Waals surface area contributed by atoms with Gasteiger partial charge in [0, 0.05) is 16.0 Å². The first-order valence-corrected chi connectivity index (χ1v) is 10.1. The van der Waals surface area contributed by atoms with Gasteiger partial charge < -0.3 is 9.47 Å². The van der Waals surface area contributed by atoms with E-state index in [1.165, 1.54) is 11.3 Å². The molecule has 1 N–H and O–H groups in total. The quantitative estimate of drug-likeness (QED) is 0.546. The molecule has 3 rings (SSSR count). The Labute approximate surface area is 173 Å². The number of benzene rings is 2. The highest BCUT2D eigenvalue weighted by Crippen LogP contribution is 2.27. The summed E-state index contributed by atoms with van der Waals surface area (Å²) < 4.78 is 11.2. The minimum Gasteiger partial charge on any atom is -0.494 e. The molecule has 5 nitrogen and oxygen atoms in total. The average Bonchev–Trinajstić information content (AvgIpc) is 3.13. The maximum Gasteiger partial charge on any atom is 0.266 e. The molecule has 1 heterocycles. The van der Waals surface area contributed by atoms with Crippen LogP contribution in [0.3, 0.4) is 0 Å². The Bertz CT molecular complexity index is 957. The van der Waals surface area contributed by atoms with Gasteiger partial charge in [-0.2, -0.15) is 0 Å². The normalized spacial score (nSPS) is 11.7. The SMILES string of the molecule is CCOc1ccc(-c2csc(NC(=O)C(C)Oc3ccc(Cl)cc3C)n2)cc1. The van der Waals surface area contributed by atoms with Crippen molar-refractivity contribution in [2.45, 2.75) is 26.9 Å². The molecule has 0 spiro atoms. The number of carbonyl (C=O) groups excluding carboxylic acids is 1. The Kier molecular flexibility index (Phi) is 6.54. The van der Waals surface area contributed by atoms with E-state index in [0.717, 1.165) is 22.6 Å². The lowest BCUT2D eigenvalue weighted by molar-refractivity contribution is -0.122. The number of ether oxygens (including phenoxy) is 2. The van der Waals surface area contributed by atoms with Crippen molar-refractivity contribution in [1.29, 1.82) is 0 Å². The van der Waals surface area contributed by atoms with Crippen molar-refractivity contribution < 1.29 is 14.3 Å². The zero-order chi connectivity index (χ0) is 20.1. The smallest absolute Gasteiger partial charge is 0.266 e. The van der Waals surface area contributed by atoms with Gasteiger partial charge in [0.05, 0.1) is 12.3 Å². The van der Waals surface area contributed by atoms with Crippen LogP contribution in [0.4, 0.5) is 5.13 Å². The Hall–Kier alpha value is -2.57. The number of anilines is 1. The Morgan fingerprint density at radius 1 is 1.25 bits per heavy atom. The molecule has 0 radical (unpaired) electrons. The monoisotopic (exact) mass is 416 g/mol. The van der Waals surface area contributed by atoms with Gasteiger partial charge in [-0.15, -0.1) is 11.3 Å². The molecule has 0 aliphatic heterocycles. The van der Waals surface area contributed by atoms with Gasteiger partial charge >= 0.3 is 0 Å². The number of rotatable bonds is 7. The second-order valence-corrected chi connectivity index (χ2v) is 7.45. The van der Waals surface area contributed by atoms with Crippen molar-refractivity contribution in [2.75, 3.05) is 11.9 Å². The van der Waals surface area contributed by atoms with Crippen molar-refractivity contribution in [3.8, 4) is 22.8 Å². The molecule has 1 unspecified atom stereocenters. The van der Waals surface area contributed by atoms with Crippen LogP contribution in [0, 0.1) is 6.92 Å². The Morgan fingerprint density at radius 2 is 2.00 bits per heavy atom. The number of carbonyl (C=O) groups is 1. The zero-order valence-corrected chi connectivity index (χ0v) is 17.4. The molecular weight excluding hydrogens is 396 g/mol. The third-order valence-corrected chi connectivity index (χ3v) is 5.00. The van der Waals surface area contributed by atoms with Crippen LogP contribution >= 0.6 is 22.9 Å². The van der Waals surface area contributed by atoms with Gasteiger partial charge in [0.25, 0.3) is 5.91 Å². The van der Waals surface area contributed by atoms with E-state index in [1.54, 1.807) is 25.1 Å². The molecule has 0 saturated carbocycles. The van der Waals surface area contributed by atoms with Crippen molar-refractivity contribution in [1.82, 2.24) is 4.98 Å². The molecule has 2 aromatic carbocycles. The summed E-state index contributed by atoms with van der Waals surface area (Å²) in [6, 6.07) is 13.0.